The van der Waals surface area contributed by atoms with Crippen molar-refractivity contribution < 1.29 is 8.83 Å². The molecule has 1 saturated heterocycles. The van der Waals surface area contributed by atoms with E-state index in [-0.39, 0.29) is 0 Å². The Balaban J connectivity index is 1.33. The minimum atomic E-state index is 0.395. The Morgan fingerprint density at radius 2 is 2.24 bits per heavy atom. The first kappa shape index (κ1) is 15.8. The average molecular weight is 340 g/mol. The maximum absolute atomic E-state index is 5.67. The van der Waals surface area contributed by atoms with Gasteiger partial charge in [-0.2, -0.15) is 5.10 Å². The van der Waals surface area contributed by atoms with Crippen molar-refractivity contribution in [2.75, 3.05) is 18.0 Å². The number of aryl methyl sites for hydroxylation is 1. The summed E-state index contributed by atoms with van der Waals surface area (Å²) in [5.74, 6) is 2.53. The van der Waals surface area contributed by atoms with Gasteiger partial charge < -0.3 is 19.1 Å². The lowest BCUT2D eigenvalue weighted by molar-refractivity contribution is 0.452. The second-order valence-electron chi connectivity index (χ2n) is 6.14. The van der Waals surface area contributed by atoms with Crippen LogP contribution in [0.3, 0.4) is 0 Å². The molecule has 0 aromatic carbocycles. The number of rotatable bonds is 6. The van der Waals surface area contributed by atoms with E-state index in [0.29, 0.717) is 30.1 Å². The topological polar surface area (TPSA) is 93.1 Å². The van der Waals surface area contributed by atoms with Crippen molar-refractivity contribution in [2.24, 2.45) is 0 Å². The third kappa shape index (κ3) is 3.39. The van der Waals surface area contributed by atoms with E-state index in [9.17, 15) is 0 Å². The highest BCUT2D eigenvalue weighted by molar-refractivity contribution is 5.49. The summed E-state index contributed by atoms with van der Waals surface area (Å²) in [6, 6.07) is 6.19. The third-order valence-corrected chi connectivity index (χ3v) is 4.41. The van der Waals surface area contributed by atoms with Crippen molar-refractivity contribution in [3.8, 4) is 11.7 Å². The molecular weight excluding hydrogens is 320 g/mol. The Morgan fingerprint density at radius 3 is 3.04 bits per heavy atom. The summed E-state index contributed by atoms with van der Waals surface area (Å²) in [5.41, 5.74) is 0.980. The minimum Gasteiger partial charge on any atom is -0.459 e. The molecule has 0 unspecified atom stereocenters. The van der Waals surface area contributed by atoms with Crippen LogP contribution in [0.5, 0.6) is 0 Å². The largest absolute Gasteiger partial charge is 0.459 e. The lowest BCUT2D eigenvalue weighted by atomic mass is 10.2. The van der Waals surface area contributed by atoms with Crippen LogP contribution >= 0.6 is 0 Å². The molecule has 0 radical (unpaired) electrons. The first-order chi connectivity index (χ1) is 12.3. The molecule has 0 aliphatic carbocycles. The molecule has 1 atom stereocenters. The number of hydrogen-bond acceptors (Lipinski definition) is 8. The zero-order valence-corrected chi connectivity index (χ0v) is 14.1. The fourth-order valence-corrected chi connectivity index (χ4v) is 3.15. The van der Waals surface area contributed by atoms with Crippen LogP contribution in [0.1, 0.15) is 24.3 Å². The van der Waals surface area contributed by atoms with Crippen LogP contribution in [0, 0.1) is 6.92 Å². The van der Waals surface area contributed by atoms with E-state index in [1.54, 1.807) is 12.5 Å². The van der Waals surface area contributed by atoms with Gasteiger partial charge in [0, 0.05) is 30.9 Å². The molecule has 25 heavy (non-hydrogen) atoms. The number of furan rings is 1. The van der Waals surface area contributed by atoms with Gasteiger partial charge in [0.15, 0.2) is 11.6 Å². The summed E-state index contributed by atoms with van der Waals surface area (Å²) in [5, 5.41) is 19.7. The Morgan fingerprint density at radius 1 is 1.28 bits per heavy atom. The highest BCUT2D eigenvalue weighted by Crippen LogP contribution is 2.24. The van der Waals surface area contributed by atoms with E-state index in [1.807, 2.05) is 25.1 Å². The van der Waals surface area contributed by atoms with Crippen LogP contribution in [-0.2, 0) is 6.54 Å². The number of hydrogen-bond donors (Lipinski definition) is 1. The first-order valence-electron chi connectivity index (χ1n) is 8.43. The molecule has 1 aliphatic rings. The van der Waals surface area contributed by atoms with Crippen molar-refractivity contribution in [2.45, 2.75) is 32.4 Å². The second kappa shape index (κ2) is 7.02. The fourth-order valence-electron chi connectivity index (χ4n) is 3.15. The molecule has 0 bridgehead atoms. The van der Waals surface area contributed by atoms with Crippen LogP contribution in [-0.4, -0.2) is 39.5 Å². The van der Waals surface area contributed by atoms with Gasteiger partial charge in [0.05, 0.1) is 12.8 Å². The Bertz CT molecular complexity index is 815. The van der Waals surface area contributed by atoms with Gasteiger partial charge >= 0.3 is 0 Å². The van der Waals surface area contributed by atoms with Crippen molar-refractivity contribution >= 4 is 5.82 Å². The highest BCUT2D eigenvalue weighted by atomic mass is 16.4. The van der Waals surface area contributed by atoms with Crippen molar-refractivity contribution in [1.82, 2.24) is 25.7 Å². The molecule has 130 valence electrons. The molecule has 0 saturated carbocycles. The summed E-state index contributed by atoms with van der Waals surface area (Å²) >= 11 is 0. The summed E-state index contributed by atoms with van der Waals surface area (Å²) in [4.78, 5) is 2.30. The monoisotopic (exact) mass is 340 g/mol. The standard InChI is InChI=1S/C17H20N6O2/c1-12-6-9-24-16(12)17-22-21-15(25-17)11-18-10-13-4-3-8-23(13)14-5-2-7-19-20-14/h2,5-7,9,13,18H,3-4,8,10-11H2,1H3/t13-/m0/s1. The quantitative estimate of drug-likeness (QED) is 0.730. The number of nitrogens with zero attached hydrogens (tertiary/aromatic N) is 5. The lowest BCUT2D eigenvalue weighted by Gasteiger charge is -2.25. The van der Waals surface area contributed by atoms with Gasteiger partial charge in [0.25, 0.3) is 5.89 Å². The lowest BCUT2D eigenvalue weighted by Crippen LogP contribution is -2.38. The molecular formula is C17H20N6O2. The van der Waals surface area contributed by atoms with Gasteiger partial charge in [-0.25, -0.2) is 0 Å². The molecule has 8 heteroatoms. The van der Waals surface area contributed by atoms with Crippen LogP contribution in [0.4, 0.5) is 5.82 Å². The zero-order valence-electron chi connectivity index (χ0n) is 14.1. The molecule has 0 spiro atoms. The Kier molecular flexibility index (Phi) is 4.43. The van der Waals surface area contributed by atoms with E-state index >= 15 is 0 Å². The molecule has 1 fully saturated rings. The van der Waals surface area contributed by atoms with Crippen LogP contribution in [0.25, 0.3) is 11.7 Å². The fraction of sp³-hybridized carbons (Fsp3) is 0.412. The van der Waals surface area contributed by atoms with Gasteiger partial charge in [-0.1, -0.05) is 0 Å². The Hall–Kier alpha value is -2.74. The van der Waals surface area contributed by atoms with E-state index in [1.165, 1.54) is 0 Å². The van der Waals surface area contributed by atoms with Gasteiger partial charge in [-0.15, -0.1) is 15.3 Å². The number of nitrogens with one attached hydrogen (secondary N) is 1. The van der Waals surface area contributed by atoms with E-state index in [4.69, 9.17) is 8.83 Å². The van der Waals surface area contributed by atoms with Gasteiger partial charge in [0.1, 0.15) is 0 Å². The molecule has 8 nitrogen and oxygen atoms in total. The van der Waals surface area contributed by atoms with Gasteiger partial charge in [-0.05, 0) is 38.0 Å². The van der Waals surface area contributed by atoms with Crippen molar-refractivity contribution in [3.05, 3.63) is 42.1 Å². The predicted octanol–water partition coefficient (Wildman–Crippen LogP) is 2.19. The molecule has 0 amide bonds. The third-order valence-electron chi connectivity index (χ3n) is 4.41. The summed E-state index contributed by atoms with van der Waals surface area (Å²) in [6.07, 6.45) is 5.60. The minimum absolute atomic E-state index is 0.395. The van der Waals surface area contributed by atoms with Crippen LogP contribution in [0.2, 0.25) is 0 Å². The number of aromatic nitrogens is 4. The van der Waals surface area contributed by atoms with E-state index in [2.05, 4.69) is 30.6 Å². The average Bonchev–Trinajstić information content (AvgIpc) is 3.36. The van der Waals surface area contributed by atoms with E-state index < -0.39 is 0 Å². The smallest absolute Gasteiger partial charge is 0.283 e. The summed E-state index contributed by atoms with van der Waals surface area (Å²) in [7, 11) is 0. The van der Waals surface area contributed by atoms with Crippen LogP contribution < -0.4 is 10.2 Å². The molecule has 1 N–H and O–H groups in total. The summed E-state index contributed by atoms with van der Waals surface area (Å²) < 4.78 is 11.0. The predicted molar refractivity (Wildman–Crippen MR) is 90.8 cm³/mol. The van der Waals surface area contributed by atoms with Gasteiger partial charge in [-0.3, -0.25) is 0 Å². The second-order valence-corrected chi connectivity index (χ2v) is 6.14. The molecule has 4 rings (SSSR count). The normalized spacial score (nSPS) is 17.3. The number of anilines is 1. The summed E-state index contributed by atoms with van der Waals surface area (Å²) in [6.45, 7) is 4.31. The molecule has 3 aromatic heterocycles. The van der Waals surface area contributed by atoms with Crippen molar-refractivity contribution in [1.29, 1.82) is 0 Å². The molecule has 3 aromatic rings. The Labute approximate surface area is 145 Å². The zero-order chi connectivity index (χ0) is 17.1. The maximum Gasteiger partial charge on any atom is 0.283 e. The van der Waals surface area contributed by atoms with Crippen molar-refractivity contribution in [3.63, 3.8) is 0 Å². The molecule has 1 aliphatic heterocycles. The highest BCUT2D eigenvalue weighted by Gasteiger charge is 2.25. The maximum atomic E-state index is 5.67. The van der Waals surface area contributed by atoms with Gasteiger partial charge in [0.2, 0.25) is 5.89 Å². The van der Waals surface area contributed by atoms with E-state index in [0.717, 1.165) is 37.3 Å². The van der Waals surface area contributed by atoms with Crippen LogP contribution in [0.15, 0.2) is 39.5 Å². The molecule has 4 heterocycles. The SMILES string of the molecule is Cc1ccoc1-c1nnc(CNC[C@@H]2CCCN2c2cccnn2)o1. The first-order valence-corrected chi connectivity index (χ1v) is 8.43.